The smallest absolute Gasteiger partial charge is 0.388 e. The normalized spacial score (nSPS) is 12.0. The predicted molar refractivity (Wildman–Crippen MR) is 89.9 cm³/mol. The Morgan fingerprint density at radius 2 is 1.96 bits per heavy atom. The van der Waals surface area contributed by atoms with Crippen LogP contribution in [0.1, 0.15) is 5.56 Å². The summed E-state index contributed by atoms with van der Waals surface area (Å²) in [5.41, 5.74) is -0.168. The summed E-state index contributed by atoms with van der Waals surface area (Å²) in [5, 5.41) is 2.20. The molecule has 0 unspecified atom stereocenters. The molecule has 4 nitrogen and oxygen atoms in total. The minimum absolute atomic E-state index is 0.0616. The van der Waals surface area contributed by atoms with Gasteiger partial charge in [-0.15, -0.1) is 0 Å². The van der Waals surface area contributed by atoms with Gasteiger partial charge in [0.15, 0.2) is 0 Å². The Balaban J connectivity index is 2.61. The van der Waals surface area contributed by atoms with Crippen LogP contribution in [-0.2, 0) is 11.8 Å². The number of hydrogen-bond acceptors (Lipinski definition) is 3. The van der Waals surface area contributed by atoms with E-state index in [9.17, 15) is 18.0 Å². The number of hydrogen-bond donors (Lipinski definition) is 0. The van der Waals surface area contributed by atoms with E-state index < -0.39 is 23.6 Å². The van der Waals surface area contributed by atoms with Crippen molar-refractivity contribution < 1.29 is 22.7 Å². The zero-order valence-corrected chi connectivity index (χ0v) is 15.2. The summed E-state index contributed by atoms with van der Waals surface area (Å²) in [7, 11) is 1.30. The molecule has 0 bridgehead atoms. The first kappa shape index (κ1) is 19.9. The number of aryl methyl sites for hydroxylation is 1. The third-order valence-corrected chi connectivity index (χ3v) is 4.20. The monoisotopic (exact) mass is 432 g/mol. The van der Waals surface area contributed by atoms with Crippen LogP contribution in [0.25, 0.3) is 17.3 Å². The van der Waals surface area contributed by atoms with E-state index in [1.165, 1.54) is 13.1 Å². The number of nitrogens with zero attached hydrogens (tertiary/aromatic N) is 2. The first-order valence-corrected chi connectivity index (χ1v) is 7.86. The molecule has 2 aromatic rings. The Hall–Kier alpha value is -1.41. The molecule has 0 atom stereocenters. The Kier molecular flexibility index (Phi) is 6.26. The van der Waals surface area contributed by atoms with Crippen molar-refractivity contribution in [2.45, 2.75) is 6.61 Å². The molecule has 0 saturated heterocycles. The highest BCUT2D eigenvalue weighted by molar-refractivity contribution is 6.74. The molecule has 1 aromatic heterocycles. The van der Waals surface area contributed by atoms with Gasteiger partial charge in [-0.1, -0.05) is 34.8 Å². The van der Waals surface area contributed by atoms with Crippen LogP contribution in [0.5, 0.6) is 5.88 Å². The van der Waals surface area contributed by atoms with E-state index in [0.717, 1.165) is 16.8 Å². The summed E-state index contributed by atoms with van der Waals surface area (Å²) in [4.78, 5) is 11.0. The minimum atomic E-state index is -3.14. The van der Waals surface area contributed by atoms with E-state index in [0.29, 0.717) is 0 Å². The highest BCUT2D eigenvalue weighted by Crippen LogP contribution is 2.38. The molecule has 0 N–H and O–H groups in total. The van der Waals surface area contributed by atoms with Crippen LogP contribution in [0.4, 0.5) is 13.2 Å². The van der Waals surface area contributed by atoms with Crippen molar-refractivity contribution in [2.24, 2.45) is 7.05 Å². The topological polar surface area (TPSA) is 44.1 Å². The molecule has 11 heteroatoms. The third-order valence-electron chi connectivity index (χ3n) is 2.95. The number of allylic oxidation sites excluding steroid dienone is 1. The van der Waals surface area contributed by atoms with Crippen molar-refractivity contribution in [2.75, 3.05) is 0 Å². The molecule has 0 spiro atoms. The standard InChI is InChI=1S/C14H7Cl4F3N2O2/c1-23-13(25-14(20)21)10(17)11(22-23)6-2-5(3-8(16)12(18)24)7(15)4-9(6)19/h2-4,14H,1H3/b8-3-. The number of halogens is 7. The van der Waals surface area contributed by atoms with Gasteiger partial charge in [0.05, 0.1) is 5.02 Å². The van der Waals surface area contributed by atoms with Gasteiger partial charge in [0.25, 0.3) is 5.24 Å². The summed E-state index contributed by atoms with van der Waals surface area (Å²) >= 11 is 22.8. The Bertz CT molecular complexity index is 868. The maximum Gasteiger partial charge on any atom is 0.388 e. The molecule has 1 aromatic carbocycles. The molecular formula is C14H7Cl4F3N2O2. The third kappa shape index (κ3) is 4.41. The zero-order chi connectivity index (χ0) is 18.9. The lowest BCUT2D eigenvalue weighted by atomic mass is 10.1. The lowest BCUT2D eigenvalue weighted by Crippen LogP contribution is -2.06. The summed E-state index contributed by atoms with van der Waals surface area (Å²) in [6.45, 7) is -3.14. The van der Waals surface area contributed by atoms with Crippen molar-refractivity contribution in [3.8, 4) is 17.1 Å². The molecular weight excluding hydrogens is 427 g/mol. The van der Waals surface area contributed by atoms with Gasteiger partial charge < -0.3 is 4.74 Å². The highest BCUT2D eigenvalue weighted by Gasteiger charge is 2.23. The zero-order valence-electron chi connectivity index (χ0n) is 12.2. The molecule has 0 amide bonds. The lowest BCUT2D eigenvalue weighted by Gasteiger charge is -2.06. The number of rotatable bonds is 5. The summed E-state index contributed by atoms with van der Waals surface area (Å²) in [6.07, 6.45) is 1.12. The molecule has 25 heavy (non-hydrogen) atoms. The second-order valence-corrected chi connectivity index (χ2v) is 6.13. The molecule has 1 heterocycles. The van der Waals surface area contributed by atoms with E-state index in [-0.39, 0.29) is 31.9 Å². The summed E-state index contributed by atoms with van der Waals surface area (Å²) < 4.78 is 44.3. The van der Waals surface area contributed by atoms with Crippen LogP contribution in [-0.4, -0.2) is 21.6 Å². The highest BCUT2D eigenvalue weighted by atomic mass is 35.5. The van der Waals surface area contributed by atoms with E-state index in [2.05, 4.69) is 9.84 Å². The summed E-state index contributed by atoms with van der Waals surface area (Å²) in [6, 6.07) is 2.13. The quantitative estimate of drug-likeness (QED) is 0.463. The molecule has 0 aliphatic carbocycles. The van der Waals surface area contributed by atoms with Crippen LogP contribution in [0, 0.1) is 5.82 Å². The molecule has 0 fully saturated rings. The lowest BCUT2D eigenvalue weighted by molar-refractivity contribution is -0.108. The van der Waals surface area contributed by atoms with Crippen molar-refractivity contribution in [1.82, 2.24) is 9.78 Å². The van der Waals surface area contributed by atoms with Crippen molar-refractivity contribution in [3.05, 3.63) is 38.6 Å². The number of alkyl halides is 2. The fourth-order valence-electron chi connectivity index (χ4n) is 1.92. The second kappa shape index (κ2) is 7.86. The Labute approximate surface area is 159 Å². The van der Waals surface area contributed by atoms with Crippen molar-refractivity contribution in [1.29, 1.82) is 0 Å². The maximum absolute atomic E-state index is 14.3. The first-order chi connectivity index (χ1) is 11.6. The average molecular weight is 434 g/mol. The average Bonchev–Trinajstić information content (AvgIpc) is 2.77. The van der Waals surface area contributed by atoms with Crippen molar-refractivity contribution in [3.63, 3.8) is 0 Å². The van der Waals surface area contributed by atoms with Gasteiger partial charge in [0, 0.05) is 12.6 Å². The molecule has 0 radical (unpaired) electrons. The SMILES string of the molecule is Cn1nc(-c2cc(/C=C(\Cl)C(=O)Cl)c(Cl)cc2F)c(Cl)c1OC(F)F. The van der Waals surface area contributed by atoms with Crippen molar-refractivity contribution >= 4 is 57.7 Å². The number of benzene rings is 1. The van der Waals surface area contributed by atoms with Gasteiger partial charge in [-0.25, -0.2) is 9.07 Å². The van der Waals surface area contributed by atoms with Gasteiger partial charge in [0.1, 0.15) is 21.6 Å². The van der Waals surface area contributed by atoms with Gasteiger partial charge >= 0.3 is 6.61 Å². The molecule has 2 rings (SSSR count). The fraction of sp³-hybridized carbons (Fsp3) is 0.143. The fourth-order valence-corrected chi connectivity index (χ4v) is 2.60. The Morgan fingerprint density at radius 1 is 1.32 bits per heavy atom. The Morgan fingerprint density at radius 3 is 2.52 bits per heavy atom. The first-order valence-electron chi connectivity index (χ1n) is 6.35. The minimum Gasteiger partial charge on any atom is -0.416 e. The van der Waals surface area contributed by atoms with Crippen LogP contribution in [0.15, 0.2) is 17.2 Å². The van der Waals surface area contributed by atoms with Crippen LogP contribution in [0.3, 0.4) is 0 Å². The van der Waals surface area contributed by atoms with Gasteiger partial charge in [-0.2, -0.15) is 13.9 Å². The molecule has 0 aliphatic heterocycles. The molecule has 0 aliphatic rings. The van der Waals surface area contributed by atoms with Crippen LogP contribution < -0.4 is 4.74 Å². The number of carbonyl (C=O) groups is 1. The summed E-state index contributed by atoms with van der Waals surface area (Å²) in [5.74, 6) is -1.26. The molecule has 0 saturated carbocycles. The largest absolute Gasteiger partial charge is 0.416 e. The van der Waals surface area contributed by atoms with Crippen LogP contribution in [0.2, 0.25) is 10.0 Å². The van der Waals surface area contributed by atoms with Gasteiger partial charge in [0.2, 0.25) is 5.88 Å². The van der Waals surface area contributed by atoms with E-state index in [1.54, 1.807) is 0 Å². The number of ether oxygens (including phenoxy) is 1. The van der Waals surface area contributed by atoms with E-state index in [4.69, 9.17) is 46.4 Å². The molecule has 134 valence electrons. The van der Waals surface area contributed by atoms with Gasteiger partial charge in [-0.3, -0.25) is 4.79 Å². The van der Waals surface area contributed by atoms with E-state index >= 15 is 0 Å². The van der Waals surface area contributed by atoms with Gasteiger partial charge in [-0.05, 0) is 35.4 Å². The number of carbonyl (C=O) groups excluding carboxylic acids is 1. The second-order valence-electron chi connectivity index (χ2n) is 4.59. The predicted octanol–water partition coefficient (Wildman–Crippen LogP) is 5.48. The number of aromatic nitrogens is 2. The van der Waals surface area contributed by atoms with Crippen LogP contribution >= 0.6 is 46.4 Å². The van der Waals surface area contributed by atoms with E-state index in [1.807, 2.05) is 0 Å². The maximum atomic E-state index is 14.3.